The van der Waals surface area contributed by atoms with Crippen LogP contribution in [0.1, 0.15) is 35.6 Å². The Morgan fingerprint density at radius 1 is 1.29 bits per heavy atom. The first-order chi connectivity index (χ1) is 11.4. The zero-order chi connectivity index (χ0) is 17.4. The number of hydrogen-bond acceptors (Lipinski definition) is 3. The smallest absolute Gasteiger partial charge is 0.318 e. The first-order valence-electron chi connectivity index (χ1n) is 7.73. The van der Waals surface area contributed by atoms with E-state index in [1.807, 2.05) is 6.92 Å². The van der Waals surface area contributed by atoms with Gasteiger partial charge in [-0.25, -0.2) is 14.2 Å². The quantitative estimate of drug-likeness (QED) is 0.916. The number of amides is 2. The molecule has 0 unspecified atom stereocenters. The van der Waals surface area contributed by atoms with E-state index in [4.69, 9.17) is 0 Å². The minimum atomic E-state index is -0.315. The van der Waals surface area contributed by atoms with E-state index >= 15 is 0 Å². The summed E-state index contributed by atoms with van der Waals surface area (Å²) in [5, 5.41) is 2.87. The Morgan fingerprint density at radius 3 is 2.62 bits per heavy atom. The summed E-state index contributed by atoms with van der Waals surface area (Å²) in [4.78, 5) is 30.7. The number of aryl methyl sites for hydroxylation is 1. The average molecular weight is 330 g/mol. The van der Waals surface area contributed by atoms with Crippen LogP contribution < -0.4 is 10.9 Å². The molecular weight excluding hydrogens is 311 g/mol. The summed E-state index contributed by atoms with van der Waals surface area (Å²) in [6, 6.07) is 5.46. The van der Waals surface area contributed by atoms with E-state index in [1.54, 1.807) is 31.0 Å². The summed E-state index contributed by atoms with van der Waals surface area (Å²) in [6.45, 7) is 4.16. The van der Waals surface area contributed by atoms with Gasteiger partial charge in [0.2, 0.25) is 0 Å². The second-order valence-corrected chi connectivity index (χ2v) is 6.03. The van der Waals surface area contributed by atoms with Gasteiger partial charge < -0.3 is 10.2 Å². The fraction of sp³-hybridized carbons (Fsp3) is 0.353. The molecule has 0 spiro atoms. The van der Waals surface area contributed by atoms with Crippen molar-refractivity contribution < 1.29 is 9.18 Å². The molecule has 2 aromatic rings. The molecule has 1 aliphatic rings. The fourth-order valence-corrected chi connectivity index (χ4v) is 2.78. The first-order valence-corrected chi connectivity index (χ1v) is 7.73. The number of halogens is 1. The summed E-state index contributed by atoms with van der Waals surface area (Å²) in [6.07, 6.45) is 0. The third-order valence-electron chi connectivity index (χ3n) is 4.38. The molecule has 3 rings (SSSR count). The van der Waals surface area contributed by atoms with Crippen molar-refractivity contribution in [2.75, 3.05) is 0 Å². The van der Waals surface area contributed by atoms with E-state index < -0.39 is 0 Å². The number of benzene rings is 1. The van der Waals surface area contributed by atoms with Crippen LogP contribution in [0.15, 0.2) is 29.1 Å². The second-order valence-electron chi connectivity index (χ2n) is 6.03. The van der Waals surface area contributed by atoms with Crippen LogP contribution in [0.3, 0.4) is 0 Å². The highest BCUT2D eigenvalue weighted by atomic mass is 19.1. The van der Waals surface area contributed by atoms with Crippen LogP contribution in [-0.2, 0) is 20.1 Å². The number of fused-ring (bicyclic) bond motifs is 1. The van der Waals surface area contributed by atoms with Crippen molar-refractivity contribution >= 4 is 6.03 Å². The molecule has 0 saturated heterocycles. The van der Waals surface area contributed by atoms with Crippen LogP contribution in [-0.4, -0.2) is 20.5 Å². The van der Waals surface area contributed by atoms with E-state index in [2.05, 4.69) is 10.3 Å². The molecule has 0 saturated carbocycles. The normalized spacial score (nSPS) is 14.4. The molecule has 1 aromatic heterocycles. The molecule has 0 aliphatic carbocycles. The predicted molar refractivity (Wildman–Crippen MR) is 86.8 cm³/mol. The topological polar surface area (TPSA) is 67.2 Å². The standard InChI is InChI=1S/C17H19FN4O2/c1-10(12-4-6-13(18)7-5-12)19-17(24)22-8-14-15(9-22)20-11(2)21(3)16(14)23/h4-7,10H,8-9H2,1-3H3,(H,19,24)/t10-/m1/s1. The summed E-state index contributed by atoms with van der Waals surface area (Å²) >= 11 is 0. The predicted octanol–water partition coefficient (Wildman–Crippen LogP) is 2.01. The van der Waals surface area contributed by atoms with E-state index in [1.165, 1.54) is 16.7 Å². The largest absolute Gasteiger partial charge is 0.331 e. The van der Waals surface area contributed by atoms with Crippen molar-refractivity contribution in [3.8, 4) is 0 Å². The average Bonchev–Trinajstić information content (AvgIpc) is 2.97. The van der Waals surface area contributed by atoms with Crippen molar-refractivity contribution in [1.82, 2.24) is 19.8 Å². The van der Waals surface area contributed by atoms with Crippen LogP contribution in [0.5, 0.6) is 0 Å². The number of rotatable bonds is 2. The van der Waals surface area contributed by atoms with E-state index in [-0.39, 0.29) is 30.0 Å². The molecule has 0 radical (unpaired) electrons. The lowest BCUT2D eigenvalue weighted by molar-refractivity contribution is 0.195. The van der Waals surface area contributed by atoms with Gasteiger partial charge >= 0.3 is 6.03 Å². The van der Waals surface area contributed by atoms with Gasteiger partial charge in [-0.15, -0.1) is 0 Å². The monoisotopic (exact) mass is 330 g/mol. The minimum Gasteiger partial charge on any atom is -0.331 e. The molecule has 0 fully saturated rings. The lowest BCUT2D eigenvalue weighted by Crippen LogP contribution is -2.38. The van der Waals surface area contributed by atoms with Gasteiger partial charge in [-0.2, -0.15) is 0 Å². The molecule has 24 heavy (non-hydrogen) atoms. The number of nitrogens with zero attached hydrogens (tertiary/aromatic N) is 3. The van der Waals surface area contributed by atoms with Crippen LogP contribution in [0, 0.1) is 12.7 Å². The SMILES string of the molecule is Cc1nc2c(c(=O)n1C)CN(C(=O)N[C@H](C)c1ccc(F)cc1)C2. The second kappa shape index (κ2) is 6.07. The molecule has 126 valence electrons. The van der Waals surface area contributed by atoms with E-state index in [0.717, 1.165) is 5.56 Å². The Labute approximate surface area is 138 Å². The maximum atomic E-state index is 13.0. The number of nitrogens with one attached hydrogen (secondary N) is 1. The van der Waals surface area contributed by atoms with Gasteiger partial charge in [0, 0.05) is 7.05 Å². The van der Waals surface area contributed by atoms with Crippen molar-refractivity contribution in [2.45, 2.75) is 33.0 Å². The van der Waals surface area contributed by atoms with Crippen molar-refractivity contribution in [2.24, 2.45) is 7.05 Å². The van der Waals surface area contributed by atoms with Crippen LogP contribution in [0.4, 0.5) is 9.18 Å². The number of carbonyl (C=O) groups is 1. The molecule has 1 aliphatic heterocycles. The number of urea groups is 1. The lowest BCUT2D eigenvalue weighted by atomic mass is 10.1. The minimum absolute atomic E-state index is 0.112. The lowest BCUT2D eigenvalue weighted by Gasteiger charge is -2.20. The summed E-state index contributed by atoms with van der Waals surface area (Å²) in [5.74, 6) is 0.310. The Hall–Kier alpha value is -2.70. The van der Waals surface area contributed by atoms with Gasteiger partial charge in [-0.3, -0.25) is 9.36 Å². The van der Waals surface area contributed by atoms with Gasteiger partial charge in [0.1, 0.15) is 11.6 Å². The summed E-state index contributed by atoms with van der Waals surface area (Å²) in [5.41, 5.74) is 1.92. The zero-order valence-electron chi connectivity index (χ0n) is 13.8. The first kappa shape index (κ1) is 16.2. The molecule has 1 N–H and O–H groups in total. The molecule has 2 amide bonds. The van der Waals surface area contributed by atoms with Gasteiger partial charge in [0.15, 0.2) is 0 Å². The Morgan fingerprint density at radius 2 is 1.96 bits per heavy atom. The van der Waals surface area contributed by atoms with Crippen molar-refractivity contribution in [3.05, 3.63) is 63.1 Å². The van der Waals surface area contributed by atoms with Crippen LogP contribution in [0.25, 0.3) is 0 Å². The van der Waals surface area contributed by atoms with Crippen molar-refractivity contribution in [1.29, 1.82) is 0 Å². The fourth-order valence-electron chi connectivity index (χ4n) is 2.78. The van der Waals surface area contributed by atoms with Crippen LogP contribution in [0.2, 0.25) is 0 Å². The van der Waals surface area contributed by atoms with Gasteiger partial charge in [0.25, 0.3) is 5.56 Å². The molecular formula is C17H19FN4O2. The summed E-state index contributed by atoms with van der Waals surface area (Å²) < 4.78 is 14.5. The highest BCUT2D eigenvalue weighted by molar-refractivity contribution is 5.75. The third-order valence-corrected chi connectivity index (χ3v) is 4.38. The highest BCUT2D eigenvalue weighted by Crippen LogP contribution is 2.20. The van der Waals surface area contributed by atoms with Gasteiger partial charge in [0.05, 0.1) is 30.4 Å². The molecule has 7 heteroatoms. The maximum Gasteiger partial charge on any atom is 0.318 e. The molecule has 0 bridgehead atoms. The van der Waals surface area contributed by atoms with Crippen LogP contribution >= 0.6 is 0 Å². The van der Waals surface area contributed by atoms with E-state index in [0.29, 0.717) is 23.6 Å². The number of carbonyl (C=O) groups excluding carboxylic acids is 1. The summed E-state index contributed by atoms with van der Waals surface area (Å²) in [7, 11) is 1.67. The Kier molecular flexibility index (Phi) is 4.09. The molecule has 1 atom stereocenters. The molecule has 2 heterocycles. The Balaban J connectivity index is 1.72. The maximum absolute atomic E-state index is 13.0. The molecule has 6 nitrogen and oxygen atoms in total. The number of aromatic nitrogens is 2. The van der Waals surface area contributed by atoms with Gasteiger partial charge in [-0.1, -0.05) is 12.1 Å². The van der Waals surface area contributed by atoms with E-state index in [9.17, 15) is 14.0 Å². The van der Waals surface area contributed by atoms with Gasteiger partial charge in [-0.05, 0) is 31.5 Å². The molecule has 1 aromatic carbocycles. The highest BCUT2D eigenvalue weighted by Gasteiger charge is 2.28. The number of hydrogen-bond donors (Lipinski definition) is 1. The zero-order valence-corrected chi connectivity index (χ0v) is 13.8. The third kappa shape index (κ3) is 2.89. The Bertz CT molecular complexity index is 845. The van der Waals surface area contributed by atoms with Crippen molar-refractivity contribution in [3.63, 3.8) is 0 Å².